The molecule has 0 spiro atoms. The highest BCUT2D eigenvalue weighted by Gasteiger charge is 2.28. The fourth-order valence-corrected chi connectivity index (χ4v) is 3.17. The molecule has 2 heterocycles. The molecule has 2 atom stereocenters. The summed E-state index contributed by atoms with van der Waals surface area (Å²) < 4.78 is 5.78. The van der Waals surface area contributed by atoms with Gasteiger partial charge in [-0.05, 0) is 45.1 Å². The van der Waals surface area contributed by atoms with E-state index in [-0.39, 0.29) is 0 Å². The molecule has 0 radical (unpaired) electrons. The minimum atomic E-state index is 0.525. The van der Waals surface area contributed by atoms with Crippen LogP contribution in [0.25, 0.3) is 0 Å². The molecular weight excluding hydrogens is 212 g/mol. The zero-order valence-corrected chi connectivity index (χ0v) is 10.9. The Hall–Kier alpha value is -0.120. The van der Waals surface area contributed by atoms with Crippen LogP contribution >= 0.6 is 0 Å². The van der Waals surface area contributed by atoms with Crippen molar-refractivity contribution in [1.29, 1.82) is 0 Å². The third kappa shape index (κ3) is 3.43. The van der Waals surface area contributed by atoms with Crippen molar-refractivity contribution >= 4 is 0 Å². The molecule has 2 saturated heterocycles. The third-order valence-electron chi connectivity index (χ3n) is 4.43. The Morgan fingerprint density at radius 2 is 2.00 bits per heavy atom. The topological polar surface area (TPSA) is 24.5 Å². The van der Waals surface area contributed by atoms with Crippen molar-refractivity contribution in [3.8, 4) is 0 Å². The van der Waals surface area contributed by atoms with Gasteiger partial charge in [-0.2, -0.15) is 0 Å². The number of likely N-dealkylation sites (tertiary alicyclic amines) is 1. The molecule has 2 aliphatic heterocycles. The quantitative estimate of drug-likeness (QED) is 0.790. The van der Waals surface area contributed by atoms with Crippen LogP contribution in [0.4, 0.5) is 0 Å². The molecule has 2 unspecified atom stereocenters. The van der Waals surface area contributed by atoms with Crippen molar-refractivity contribution in [3.63, 3.8) is 0 Å². The van der Waals surface area contributed by atoms with E-state index in [1.54, 1.807) is 0 Å². The summed E-state index contributed by atoms with van der Waals surface area (Å²) in [5.41, 5.74) is 0. The van der Waals surface area contributed by atoms with Crippen molar-refractivity contribution in [3.05, 3.63) is 0 Å². The molecule has 3 nitrogen and oxygen atoms in total. The van der Waals surface area contributed by atoms with E-state index in [4.69, 9.17) is 4.74 Å². The molecule has 0 aromatic rings. The van der Waals surface area contributed by atoms with Gasteiger partial charge in [0, 0.05) is 31.8 Å². The monoisotopic (exact) mass is 238 g/mol. The van der Waals surface area contributed by atoms with Gasteiger partial charge in [0.2, 0.25) is 0 Å². The average Bonchev–Trinajstić information content (AvgIpc) is 3.05. The van der Waals surface area contributed by atoms with E-state index in [2.05, 4.69) is 10.2 Å². The molecular formula is C14H26N2O. The molecule has 98 valence electrons. The van der Waals surface area contributed by atoms with Crippen LogP contribution in [0.5, 0.6) is 0 Å². The van der Waals surface area contributed by atoms with Gasteiger partial charge in [-0.1, -0.05) is 6.42 Å². The fourth-order valence-electron chi connectivity index (χ4n) is 3.17. The van der Waals surface area contributed by atoms with Gasteiger partial charge in [0.1, 0.15) is 0 Å². The highest BCUT2D eigenvalue weighted by atomic mass is 16.5. The van der Waals surface area contributed by atoms with E-state index in [0.29, 0.717) is 6.10 Å². The smallest absolute Gasteiger partial charge is 0.0702 e. The van der Waals surface area contributed by atoms with Crippen LogP contribution in [0.2, 0.25) is 0 Å². The van der Waals surface area contributed by atoms with E-state index >= 15 is 0 Å². The summed E-state index contributed by atoms with van der Waals surface area (Å²) in [6, 6.07) is 1.62. The number of piperidine rings is 1. The molecule has 0 aromatic carbocycles. The molecule has 17 heavy (non-hydrogen) atoms. The average molecular weight is 238 g/mol. The molecule has 0 bridgehead atoms. The highest BCUT2D eigenvalue weighted by Crippen LogP contribution is 2.23. The lowest BCUT2D eigenvalue weighted by molar-refractivity contribution is 0.0442. The predicted octanol–water partition coefficient (Wildman–Crippen LogP) is 1.77. The molecule has 3 fully saturated rings. The van der Waals surface area contributed by atoms with Gasteiger partial charge in [-0.25, -0.2) is 0 Å². The van der Waals surface area contributed by atoms with Crippen LogP contribution in [0.15, 0.2) is 0 Å². The molecule has 3 aliphatic rings. The summed E-state index contributed by atoms with van der Waals surface area (Å²) in [4.78, 5) is 2.69. The lowest BCUT2D eigenvalue weighted by atomic mass is 10.0. The number of ether oxygens (including phenoxy) is 1. The Bertz CT molecular complexity index is 236. The molecule has 3 heteroatoms. The summed E-state index contributed by atoms with van der Waals surface area (Å²) in [5, 5.41) is 3.70. The van der Waals surface area contributed by atoms with E-state index in [1.807, 2.05) is 0 Å². The summed E-state index contributed by atoms with van der Waals surface area (Å²) >= 11 is 0. The van der Waals surface area contributed by atoms with Gasteiger partial charge < -0.3 is 10.1 Å². The zero-order chi connectivity index (χ0) is 11.5. The normalized spacial score (nSPS) is 35.3. The van der Waals surface area contributed by atoms with Crippen LogP contribution in [-0.2, 0) is 4.74 Å². The van der Waals surface area contributed by atoms with Crippen LogP contribution in [0.3, 0.4) is 0 Å². The van der Waals surface area contributed by atoms with Crippen molar-refractivity contribution in [2.24, 2.45) is 0 Å². The zero-order valence-electron chi connectivity index (χ0n) is 10.9. The first-order valence-corrected chi connectivity index (χ1v) is 7.51. The van der Waals surface area contributed by atoms with Gasteiger partial charge in [0.15, 0.2) is 0 Å². The van der Waals surface area contributed by atoms with Gasteiger partial charge in [0.25, 0.3) is 0 Å². The SMILES string of the molecule is C1COC(CN2CCCCC2CNC2CC2)C1. The maximum absolute atomic E-state index is 5.78. The first kappa shape index (κ1) is 11.9. The molecule has 1 N–H and O–H groups in total. The molecule has 1 saturated carbocycles. The molecule has 3 rings (SSSR count). The van der Waals surface area contributed by atoms with Gasteiger partial charge in [-0.3, -0.25) is 4.90 Å². The van der Waals surface area contributed by atoms with Crippen LogP contribution in [-0.4, -0.2) is 49.3 Å². The van der Waals surface area contributed by atoms with Crippen molar-refractivity contribution < 1.29 is 4.74 Å². The van der Waals surface area contributed by atoms with Gasteiger partial charge >= 0.3 is 0 Å². The first-order valence-electron chi connectivity index (χ1n) is 7.51. The number of nitrogens with zero attached hydrogens (tertiary/aromatic N) is 1. The van der Waals surface area contributed by atoms with E-state index in [0.717, 1.165) is 18.7 Å². The molecule has 0 amide bonds. The second-order valence-electron chi connectivity index (χ2n) is 5.96. The summed E-state index contributed by atoms with van der Waals surface area (Å²) in [7, 11) is 0. The Labute approximate surface area is 105 Å². The lowest BCUT2D eigenvalue weighted by Gasteiger charge is -2.37. The maximum atomic E-state index is 5.78. The summed E-state index contributed by atoms with van der Waals surface area (Å²) in [6.45, 7) is 4.66. The first-order chi connectivity index (χ1) is 8.42. The Morgan fingerprint density at radius 1 is 1.06 bits per heavy atom. The van der Waals surface area contributed by atoms with Crippen LogP contribution in [0, 0.1) is 0 Å². The van der Waals surface area contributed by atoms with E-state index < -0.39 is 0 Å². The van der Waals surface area contributed by atoms with Crippen molar-refractivity contribution in [2.45, 2.75) is 63.1 Å². The highest BCUT2D eigenvalue weighted by molar-refractivity contribution is 4.86. The standard InChI is InChI=1S/C14H26N2O/c1-2-8-16(11-14-5-3-9-17-14)13(4-1)10-15-12-6-7-12/h12-15H,1-11H2. The number of nitrogens with one attached hydrogen (secondary N) is 1. The number of hydrogen-bond donors (Lipinski definition) is 1. The van der Waals surface area contributed by atoms with E-state index in [9.17, 15) is 0 Å². The number of rotatable bonds is 5. The number of hydrogen-bond acceptors (Lipinski definition) is 3. The Morgan fingerprint density at radius 3 is 2.76 bits per heavy atom. The molecule has 1 aliphatic carbocycles. The van der Waals surface area contributed by atoms with E-state index in [1.165, 1.54) is 64.6 Å². The van der Waals surface area contributed by atoms with Crippen molar-refractivity contribution in [2.75, 3.05) is 26.2 Å². The lowest BCUT2D eigenvalue weighted by Crippen LogP contribution is -2.48. The molecule has 0 aromatic heterocycles. The predicted molar refractivity (Wildman–Crippen MR) is 69.2 cm³/mol. The fraction of sp³-hybridized carbons (Fsp3) is 1.00. The maximum Gasteiger partial charge on any atom is 0.0702 e. The van der Waals surface area contributed by atoms with Crippen LogP contribution in [0.1, 0.15) is 44.9 Å². The Kier molecular flexibility index (Phi) is 3.99. The second kappa shape index (κ2) is 5.68. The third-order valence-corrected chi connectivity index (χ3v) is 4.43. The van der Waals surface area contributed by atoms with Gasteiger partial charge in [0.05, 0.1) is 6.10 Å². The minimum Gasteiger partial charge on any atom is -0.377 e. The van der Waals surface area contributed by atoms with Crippen LogP contribution < -0.4 is 5.32 Å². The summed E-state index contributed by atoms with van der Waals surface area (Å²) in [5.74, 6) is 0. The second-order valence-corrected chi connectivity index (χ2v) is 5.96. The minimum absolute atomic E-state index is 0.525. The Balaban J connectivity index is 1.47. The summed E-state index contributed by atoms with van der Waals surface area (Å²) in [6.07, 6.45) is 10.1. The van der Waals surface area contributed by atoms with Crippen molar-refractivity contribution in [1.82, 2.24) is 10.2 Å². The van der Waals surface area contributed by atoms with Gasteiger partial charge in [-0.15, -0.1) is 0 Å². The largest absolute Gasteiger partial charge is 0.377 e.